The lowest BCUT2D eigenvalue weighted by atomic mass is 9.79. The largest absolute Gasteiger partial charge is 0.497 e. The number of benzene rings is 2. The van der Waals surface area contributed by atoms with Gasteiger partial charge in [0.05, 0.1) is 26.9 Å². The van der Waals surface area contributed by atoms with E-state index < -0.39 is 11.6 Å². The third kappa shape index (κ3) is 3.65. The molecule has 31 heavy (non-hydrogen) atoms. The molecule has 2 heterocycles. The summed E-state index contributed by atoms with van der Waals surface area (Å²) in [7, 11) is 3.24. The summed E-state index contributed by atoms with van der Waals surface area (Å²) < 4.78 is 22.6. The van der Waals surface area contributed by atoms with Crippen LogP contribution in [-0.4, -0.2) is 42.5 Å². The van der Waals surface area contributed by atoms with E-state index >= 15 is 0 Å². The molecule has 2 bridgehead atoms. The first-order chi connectivity index (χ1) is 14.9. The second-order valence-electron chi connectivity index (χ2n) is 7.65. The van der Waals surface area contributed by atoms with Crippen molar-refractivity contribution in [2.24, 2.45) is 5.92 Å². The lowest BCUT2D eigenvalue weighted by Crippen LogP contribution is -2.70. The van der Waals surface area contributed by atoms with Crippen LogP contribution in [-0.2, 0) is 16.1 Å². The highest BCUT2D eigenvalue weighted by atomic mass is 32.1. The van der Waals surface area contributed by atoms with Crippen LogP contribution in [0, 0.1) is 5.92 Å². The monoisotopic (exact) mass is 442 g/mol. The zero-order valence-electron chi connectivity index (χ0n) is 18.0. The van der Waals surface area contributed by atoms with Crippen LogP contribution in [0.1, 0.15) is 31.0 Å². The average molecular weight is 443 g/mol. The normalized spacial score (nSPS) is 23.9. The predicted molar refractivity (Wildman–Crippen MR) is 119 cm³/mol. The van der Waals surface area contributed by atoms with E-state index in [0.717, 1.165) is 16.9 Å². The van der Waals surface area contributed by atoms with Crippen molar-refractivity contribution < 1.29 is 23.7 Å². The van der Waals surface area contributed by atoms with Crippen molar-refractivity contribution >= 4 is 23.3 Å². The van der Waals surface area contributed by atoms with Crippen LogP contribution >= 0.6 is 12.2 Å². The maximum Gasteiger partial charge on any atom is 0.317 e. The summed E-state index contributed by atoms with van der Waals surface area (Å²) in [5.74, 6) is 1.18. The number of esters is 1. The second-order valence-corrected chi connectivity index (χ2v) is 8.04. The topological polar surface area (TPSA) is 69.3 Å². The maximum absolute atomic E-state index is 13.1. The predicted octanol–water partition coefficient (Wildman–Crippen LogP) is 3.42. The molecular weight excluding hydrogens is 416 g/mol. The molecule has 0 radical (unpaired) electrons. The molecule has 164 valence electrons. The van der Waals surface area contributed by atoms with Gasteiger partial charge in [0.25, 0.3) is 0 Å². The van der Waals surface area contributed by atoms with Crippen LogP contribution in [0.4, 0.5) is 0 Å². The molecule has 0 spiro atoms. The van der Waals surface area contributed by atoms with Gasteiger partial charge in [0, 0.05) is 12.1 Å². The molecule has 0 amide bonds. The molecule has 0 aliphatic carbocycles. The number of thiocarbonyl (C=S) groups is 1. The Kier molecular flexibility index (Phi) is 5.66. The summed E-state index contributed by atoms with van der Waals surface area (Å²) in [5, 5.41) is 3.87. The fourth-order valence-electron chi connectivity index (χ4n) is 4.29. The standard InChI is InChI=1S/C23H26N2O5S/c1-5-29-21(26)19-20-17-12-16(28-4)10-11-18(17)30-23(19,2)25(22(31)24-20)13-14-6-8-15(27-3)9-7-14/h6-12,19-20H,5,13H2,1-4H3,(H,24,31)/t19-,20+,23+/m1/s1. The number of hydrogen-bond donors (Lipinski definition) is 1. The first kappa shape index (κ1) is 21.2. The molecule has 0 saturated carbocycles. The molecular formula is C23H26N2O5S. The van der Waals surface area contributed by atoms with E-state index in [9.17, 15) is 4.79 Å². The highest BCUT2D eigenvalue weighted by molar-refractivity contribution is 7.80. The van der Waals surface area contributed by atoms with Crippen LogP contribution in [0.15, 0.2) is 42.5 Å². The van der Waals surface area contributed by atoms with Crippen LogP contribution in [0.2, 0.25) is 0 Å². The Bertz CT molecular complexity index is 996. The Morgan fingerprint density at radius 2 is 1.84 bits per heavy atom. The quantitative estimate of drug-likeness (QED) is 0.539. The summed E-state index contributed by atoms with van der Waals surface area (Å²) in [4.78, 5) is 15.0. The molecule has 4 rings (SSSR count). The maximum atomic E-state index is 13.1. The van der Waals surface area contributed by atoms with Crippen molar-refractivity contribution in [3.63, 3.8) is 0 Å². The second kappa shape index (κ2) is 8.26. The van der Waals surface area contributed by atoms with Crippen molar-refractivity contribution in [3.8, 4) is 17.2 Å². The number of fused-ring (bicyclic) bond motifs is 4. The molecule has 0 unspecified atom stereocenters. The molecule has 1 saturated heterocycles. The number of rotatable bonds is 6. The van der Waals surface area contributed by atoms with Gasteiger partial charge in [-0.25, -0.2) is 0 Å². The van der Waals surface area contributed by atoms with Crippen LogP contribution < -0.4 is 19.5 Å². The molecule has 3 atom stereocenters. The Balaban J connectivity index is 1.76. The SMILES string of the molecule is CCOC(=O)[C@H]1[C@H]2NC(=S)N(Cc3ccc(OC)cc3)[C@@]1(C)Oc1ccc(OC)cc12. The molecule has 2 aromatic rings. The number of methoxy groups -OCH3 is 2. The van der Waals surface area contributed by atoms with Gasteiger partial charge < -0.3 is 29.2 Å². The van der Waals surface area contributed by atoms with Gasteiger partial charge in [0.2, 0.25) is 0 Å². The van der Waals surface area contributed by atoms with Gasteiger partial charge in [0.1, 0.15) is 23.2 Å². The Morgan fingerprint density at radius 3 is 2.48 bits per heavy atom. The van der Waals surface area contributed by atoms with Gasteiger partial charge in [-0.15, -0.1) is 0 Å². The lowest BCUT2D eigenvalue weighted by Gasteiger charge is -2.55. The van der Waals surface area contributed by atoms with Crippen LogP contribution in [0.25, 0.3) is 0 Å². The van der Waals surface area contributed by atoms with Crippen molar-refractivity contribution in [1.82, 2.24) is 10.2 Å². The first-order valence-electron chi connectivity index (χ1n) is 10.2. The van der Waals surface area contributed by atoms with Crippen LogP contribution in [0.3, 0.4) is 0 Å². The van der Waals surface area contributed by atoms with Gasteiger partial charge in [-0.3, -0.25) is 4.79 Å². The van der Waals surface area contributed by atoms with Crippen molar-refractivity contribution in [2.75, 3.05) is 20.8 Å². The highest BCUT2D eigenvalue weighted by Gasteiger charge is 2.59. The zero-order chi connectivity index (χ0) is 22.2. The van der Waals surface area contributed by atoms with Gasteiger partial charge in [-0.05, 0) is 62.0 Å². The van der Waals surface area contributed by atoms with E-state index in [4.69, 9.17) is 31.2 Å². The van der Waals surface area contributed by atoms with Crippen molar-refractivity contribution in [2.45, 2.75) is 32.2 Å². The Hall–Kier alpha value is -3.00. The Morgan fingerprint density at radius 1 is 1.16 bits per heavy atom. The molecule has 8 heteroatoms. The van der Waals surface area contributed by atoms with Gasteiger partial charge >= 0.3 is 5.97 Å². The minimum absolute atomic E-state index is 0.284. The fraction of sp³-hybridized carbons (Fsp3) is 0.391. The van der Waals surface area contributed by atoms with Crippen molar-refractivity contribution in [3.05, 3.63) is 53.6 Å². The summed E-state index contributed by atoms with van der Waals surface area (Å²) in [6.45, 7) is 4.43. The number of nitrogens with one attached hydrogen (secondary N) is 1. The molecule has 2 aliphatic rings. The van der Waals surface area contributed by atoms with Gasteiger partial charge in [-0.2, -0.15) is 0 Å². The summed E-state index contributed by atoms with van der Waals surface area (Å²) in [6, 6.07) is 12.9. The lowest BCUT2D eigenvalue weighted by molar-refractivity contribution is -0.176. The van der Waals surface area contributed by atoms with E-state index in [1.807, 2.05) is 54.3 Å². The Labute approximate surface area is 187 Å². The minimum atomic E-state index is -1.03. The summed E-state index contributed by atoms with van der Waals surface area (Å²) in [6.07, 6.45) is 0. The summed E-state index contributed by atoms with van der Waals surface area (Å²) >= 11 is 5.72. The highest BCUT2D eigenvalue weighted by Crippen LogP contribution is 2.49. The minimum Gasteiger partial charge on any atom is -0.497 e. The number of ether oxygens (including phenoxy) is 4. The number of carbonyl (C=O) groups is 1. The fourth-order valence-corrected chi connectivity index (χ4v) is 4.66. The number of carbonyl (C=O) groups excluding carboxylic acids is 1. The third-order valence-electron chi connectivity index (χ3n) is 5.88. The van der Waals surface area contributed by atoms with E-state index in [-0.39, 0.29) is 18.6 Å². The molecule has 2 aromatic carbocycles. The average Bonchev–Trinajstić information content (AvgIpc) is 2.76. The summed E-state index contributed by atoms with van der Waals surface area (Å²) in [5.41, 5.74) is 0.804. The molecule has 1 fully saturated rings. The van der Waals surface area contributed by atoms with E-state index in [1.54, 1.807) is 21.1 Å². The number of nitrogens with zero attached hydrogens (tertiary/aromatic N) is 1. The van der Waals surface area contributed by atoms with Crippen LogP contribution in [0.5, 0.6) is 17.2 Å². The van der Waals surface area contributed by atoms with Gasteiger partial charge in [-0.1, -0.05) is 12.1 Å². The number of hydrogen-bond acceptors (Lipinski definition) is 6. The smallest absolute Gasteiger partial charge is 0.317 e. The molecule has 2 aliphatic heterocycles. The molecule has 0 aromatic heterocycles. The third-order valence-corrected chi connectivity index (χ3v) is 6.22. The molecule has 1 N–H and O–H groups in total. The van der Waals surface area contributed by atoms with Gasteiger partial charge in [0.15, 0.2) is 10.8 Å². The molecule has 7 nitrogen and oxygen atoms in total. The van der Waals surface area contributed by atoms with E-state index in [2.05, 4.69) is 5.32 Å². The van der Waals surface area contributed by atoms with Crippen molar-refractivity contribution in [1.29, 1.82) is 0 Å². The van der Waals surface area contributed by atoms with E-state index in [0.29, 0.717) is 23.2 Å². The first-order valence-corrected chi connectivity index (χ1v) is 10.6. The van der Waals surface area contributed by atoms with E-state index in [1.165, 1.54) is 0 Å². The zero-order valence-corrected chi connectivity index (χ0v) is 18.8.